The van der Waals surface area contributed by atoms with Crippen molar-refractivity contribution >= 4 is 17.2 Å². The third kappa shape index (κ3) is 4.64. The number of benzene rings is 1. The number of carbonyl (C=O) groups excluding carboxylic acids is 1. The van der Waals surface area contributed by atoms with Gasteiger partial charge in [-0.2, -0.15) is 0 Å². The van der Waals surface area contributed by atoms with Gasteiger partial charge in [-0.25, -0.2) is 4.98 Å². The molecule has 3 rings (SSSR count). The van der Waals surface area contributed by atoms with Crippen molar-refractivity contribution in [1.82, 2.24) is 15.3 Å². The van der Waals surface area contributed by atoms with E-state index in [1.54, 1.807) is 17.8 Å². The first-order valence-corrected chi connectivity index (χ1v) is 8.81. The largest absolute Gasteiger partial charge is 0.486 e. The molecule has 1 aromatic carbocycles. The topological polar surface area (TPSA) is 64.1 Å². The molecule has 0 atom stereocenters. The molecule has 2 aromatic heterocycles. The first kappa shape index (κ1) is 17.1. The van der Waals surface area contributed by atoms with E-state index in [-0.39, 0.29) is 5.91 Å². The van der Waals surface area contributed by atoms with Gasteiger partial charge >= 0.3 is 0 Å². The molecule has 25 heavy (non-hydrogen) atoms. The van der Waals surface area contributed by atoms with Crippen LogP contribution in [0.25, 0.3) is 0 Å². The predicted octanol–water partition coefficient (Wildman–Crippen LogP) is 3.66. The number of ether oxygens (including phenoxy) is 1. The standard InChI is InChI=1S/C19H19N3O2S/c1-13-5-6-17(14(2)8-13)24-11-18-22-16(12-25-18)19(23)21-10-15-4-3-7-20-9-15/h3-9,12H,10-11H2,1-2H3,(H,21,23). The zero-order valence-electron chi connectivity index (χ0n) is 14.2. The molecule has 0 saturated heterocycles. The Morgan fingerprint density at radius 2 is 2.16 bits per heavy atom. The Labute approximate surface area is 150 Å². The molecular weight excluding hydrogens is 334 g/mol. The van der Waals surface area contributed by atoms with E-state index in [4.69, 9.17) is 4.74 Å². The fourth-order valence-electron chi connectivity index (χ4n) is 2.36. The van der Waals surface area contributed by atoms with Gasteiger partial charge in [0, 0.05) is 24.3 Å². The summed E-state index contributed by atoms with van der Waals surface area (Å²) in [6.07, 6.45) is 3.43. The van der Waals surface area contributed by atoms with Crippen LogP contribution < -0.4 is 10.1 Å². The molecule has 0 aliphatic heterocycles. The third-order valence-electron chi connectivity index (χ3n) is 3.64. The van der Waals surface area contributed by atoms with Crippen molar-refractivity contribution in [3.05, 3.63) is 75.5 Å². The van der Waals surface area contributed by atoms with Crippen LogP contribution in [0.1, 0.15) is 32.2 Å². The summed E-state index contributed by atoms with van der Waals surface area (Å²) in [5.41, 5.74) is 3.65. The lowest BCUT2D eigenvalue weighted by Crippen LogP contribution is -2.23. The van der Waals surface area contributed by atoms with E-state index in [2.05, 4.69) is 21.4 Å². The summed E-state index contributed by atoms with van der Waals surface area (Å²) >= 11 is 1.42. The molecule has 0 saturated carbocycles. The SMILES string of the molecule is Cc1ccc(OCc2nc(C(=O)NCc3cccnc3)cs2)c(C)c1. The van der Waals surface area contributed by atoms with Gasteiger partial charge in [0.25, 0.3) is 5.91 Å². The summed E-state index contributed by atoms with van der Waals surface area (Å²) in [6.45, 7) is 4.85. The Kier molecular flexibility index (Phi) is 5.40. The van der Waals surface area contributed by atoms with Gasteiger partial charge in [0.2, 0.25) is 0 Å². The number of hydrogen-bond donors (Lipinski definition) is 1. The number of aryl methyl sites for hydroxylation is 2. The third-order valence-corrected chi connectivity index (χ3v) is 4.46. The molecule has 2 heterocycles. The second-order valence-electron chi connectivity index (χ2n) is 5.73. The van der Waals surface area contributed by atoms with Crippen LogP contribution in [0.3, 0.4) is 0 Å². The molecule has 1 amide bonds. The maximum Gasteiger partial charge on any atom is 0.271 e. The fourth-order valence-corrected chi connectivity index (χ4v) is 3.04. The van der Waals surface area contributed by atoms with Crippen LogP contribution in [0.15, 0.2) is 48.1 Å². The molecule has 1 N–H and O–H groups in total. The molecule has 0 spiro atoms. The summed E-state index contributed by atoms with van der Waals surface area (Å²) in [6, 6.07) is 9.81. The zero-order valence-corrected chi connectivity index (χ0v) is 15.0. The lowest BCUT2D eigenvalue weighted by atomic mass is 10.1. The van der Waals surface area contributed by atoms with Crippen molar-refractivity contribution in [2.24, 2.45) is 0 Å². The van der Waals surface area contributed by atoms with Crippen molar-refractivity contribution in [3.8, 4) is 5.75 Å². The lowest BCUT2D eigenvalue weighted by Gasteiger charge is -2.08. The average molecular weight is 353 g/mol. The van der Waals surface area contributed by atoms with E-state index in [1.165, 1.54) is 16.9 Å². The number of nitrogens with one attached hydrogen (secondary N) is 1. The minimum absolute atomic E-state index is 0.196. The van der Waals surface area contributed by atoms with Crippen molar-refractivity contribution < 1.29 is 9.53 Å². The van der Waals surface area contributed by atoms with Crippen LogP contribution in [-0.2, 0) is 13.2 Å². The minimum atomic E-state index is -0.196. The predicted molar refractivity (Wildman–Crippen MR) is 97.8 cm³/mol. The molecule has 0 aliphatic rings. The van der Waals surface area contributed by atoms with Gasteiger partial charge in [-0.05, 0) is 37.1 Å². The number of rotatable bonds is 6. The van der Waals surface area contributed by atoms with Crippen LogP contribution in [0, 0.1) is 13.8 Å². The van der Waals surface area contributed by atoms with Gasteiger partial charge in [0.05, 0.1) is 0 Å². The molecule has 0 aliphatic carbocycles. The van der Waals surface area contributed by atoms with Gasteiger partial charge in [-0.3, -0.25) is 9.78 Å². The van der Waals surface area contributed by atoms with E-state index in [9.17, 15) is 4.79 Å². The van der Waals surface area contributed by atoms with Crippen molar-refractivity contribution in [1.29, 1.82) is 0 Å². The molecule has 5 nitrogen and oxygen atoms in total. The van der Waals surface area contributed by atoms with Crippen LogP contribution in [0.4, 0.5) is 0 Å². The molecule has 6 heteroatoms. The second kappa shape index (κ2) is 7.90. The number of pyridine rings is 1. The van der Waals surface area contributed by atoms with Crippen LogP contribution in [0.5, 0.6) is 5.75 Å². The van der Waals surface area contributed by atoms with Crippen LogP contribution in [0.2, 0.25) is 0 Å². The van der Waals surface area contributed by atoms with E-state index in [0.29, 0.717) is 18.8 Å². The van der Waals surface area contributed by atoms with Gasteiger partial charge in [0.1, 0.15) is 23.1 Å². The van der Waals surface area contributed by atoms with Crippen LogP contribution >= 0.6 is 11.3 Å². The highest BCUT2D eigenvalue weighted by atomic mass is 32.1. The fraction of sp³-hybridized carbons (Fsp3) is 0.211. The van der Waals surface area contributed by atoms with Crippen LogP contribution in [-0.4, -0.2) is 15.9 Å². The molecule has 0 fully saturated rings. The average Bonchev–Trinajstić information content (AvgIpc) is 3.09. The lowest BCUT2D eigenvalue weighted by molar-refractivity contribution is 0.0946. The Balaban J connectivity index is 1.55. The normalized spacial score (nSPS) is 10.5. The molecule has 128 valence electrons. The number of amides is 1. The van der Waals surface area contributed by atoms with Crippen molar-refractivity contribution in [3.63, 3.8) is 0 Å². The Bertz CT molecular complexity index is 862. The minimum Gasteiger partial charge on any atom is -0.486 e. The number of hydrogen-bond acceptors (Lipinski definition) is 5. The smallest absolute Gasteiger partial charge is 0.271 e. The summed E-state index contributed by atoms with van der Waals surface area (Å²) in [7, 11) is 0. The van der Waals surface area contributed by atoms with Crippen molar-refractivity contribution in [2.75, 3.05) is 0 Å². The molecule has 0 unspecified atom stereocenters. The summed E-state index contributed by atoms with van der Waals surface area (Å²) < 4.78 is 5.81. The molecule has 0 radical (unpaired) electrons. The first-order valence-electron chi connectivity index (χ1n) is 7.93. The quantitative estimate of drug-likeness (QED) is 0.734. The van der Waals surface area contributed by atoms with E-state index >= 15 is 0 Å². The highest BCUT2D eigenvalue weighted by molar-refractivity contribution is 7.09. The highest BCUT2D eigenvalue weighted by Gasteiger charge is 2.11. The van der Waals surface area contributed by atoms with Crippen molar-refractivity contribution in [2.45, 2.75) is 27.0 Å². The Morgan fingerprint density at radius 3 is 2.92 bits per heavy atom. The number of carbonyl (C=O) groups is 1. The molecule has 3 aromatic rings. The Morgan fingerprint density at radius 1 is 1.28 bits per heavy atom. The van der Waals surface area contributed by atoms with E-state index < -0.39 is 0 Å². The summed E-state index contributed by atoms with van der Waals surface area (Å²) in [4.78, 5) is 20.5. The monoisotopic (exact) mass is 353 g/mol. The maximum atomic E-state index is 12.2. The first-order chi connectivity index (χ1) is 12.1. The van der Waals surface area contributed by atoms with E-state index in [1.807, 2.05) is 38.1 Å². The Hall–Kier alpha value is -2.73. The number of aromatic nitrogens is 2. The summed E-state index contributed by atoms with van der Waals surface area (Å²) in [5.74, 6) is 0.640. The molecular formula is C19H19N3O2S. The number of nitrogens with zero attached hydrogens (tertiary/aromatic N) is 2. The molecule has 0 bridgehead atoms. The van der Waals surface area contributed by atoms with Gasteiger partial charge in [-0.1, -0.05) is 23.8 Å². The zero-order chi connectivity index (χ0) is 17.6. The van der Waals surface area contributed by atoms with Gasteiger partial charge in [0.15, 0.2) is 0 Å². The number of thiazole rings is 1. The van der Waals surface area contributed by atoms with Gasteiger partial charge in [-0.15, -0.1) is 11.3 Å². The summed E-state index contributed by atoms with van der Waals surface area (Å²) in [5, 5.41) is 5.36. The second-order valence-corrected chi connectivity index (χ2v) is 6.67. The highest BCUT2D eigenvalue weighted by Crippen LogP contribution is 2.21. The van der Waals surface area contributed by atoms with E-state index in [0.717, 1.165) is 21.9 Å². The van der Waals surface area contributed by atoms with Gasteiger partial charge < -0.3 is 10.1 Å². The maximum absolute atomic E-state index is 12.2.